The number of benzene rings is 1. The highest BCUT2D eigenvalue weighted by Crippen LogP contribution is 2.32. The zero-order valence-corrected chi connectivity index (χ0v) is 15.6. The molecule has 3 heteroatoms. The van der Waals surface area contributed by atoms with Crippen molar-refractivity contribution in [3.63, 3.8) is 0 Å². The molecular weight excluding hydrogens is 318 g/mol. The van der Waals surface area contributed by atoms with Crippen LogP contribution in [-0.4, -0.2) is 17.5 Å². The summed E-state index contributed by atoms with van der Waals surface area (Å²) in [5.41, 5.74) is 6.73. The first-order valence-electron chi connectivity index (χ1n) is 9.55. The molecule has 1 fully saturated rings. The molecular formula is C23H25N3. The van der Waals surface area contributed by atoms with Gasteiger partial charge in [0.15, 0.2) is 0 Å². The van der Waals surface area contributed by atoms with E-state index in [-0.39, 0.29) is 0 Å². The number of nitrogens with zero attached hydrogens (tertiary/aromatic N) is 3. The van der Waals surface area contributed by atoms with Crippen molar-refractivity contribution >= 4 is 11.3 Å². The first-order valence-corrected chi connectivity index (χ1v) is 9.55. The Bertz CT molecular complexity index is 965. The monoisotopic (exact) mass is 343 g/mol. The molecule has 0 spiro atoms. The van der Waals surface area contributed by atoms with Crippen LogP contribution in [0, 0.1) is 25.2 Å². The van der Waals surface area contributed by atoms with Gasteiger partial charge in [0.05, 0.1) is 5.56 Å². The summed E-state index contributed by atoms with van der Waals surface area (Å²) in [4.78, 5) is 2.42. The molecule has 0 aliphatic carbocycles. The van der Waals surface area contributed by atoms with E-state index >= 15 is 0 Å². The van der Waals surface area contributed by atoms with Crippen molar-refractivity contribution < 1.29 is 0 Å². The van der Waals surface area contributed by atoms with E-state index in [1.807, 2.05) is 0 Å². The quantitative estimate of drug-likeness (QED) is 0.617. The van der Waals surface area contributed by atoms with Gasteiger partial charge in [-0.25, -0.2) is 0 Å². The summed E-state index contributed by atoms with van der Waals surface area (Å²) in [5, 5.41) is 9.82. The summed E-state index contributed by atoms with van der Waals surface area (Å²) in [6, 6.07) is 15.5. The van der Waals surface area contributed by atoms with Crippen molar-refractivity contribution in [3.05, 3.63) is 59.3 Å². The van der Waals surface area contributed by atoms with E-state index in [1.54, 1.807) is 0 Å². The molecule has 1 aromatic carbocycles. The standard InChI is InChI=1S/C23H25N3/c1-17-7-9-19(10-8-17)20-14-21-13-18(2)22(15-24)23(26(21)16-20)25-11-5-3-4-6-12-25/h7-10,13-14,16H,3-6,11-12H2,1-2H3. The van der Waals surface area contributed by atoms with Crippen molar-refractivity contribution in [2.24, 2.45) is 0 Å². The fourth-order valence-corrected chi connectivity index (χ4v) is 4.00. The average Bonchev–Trinajstić information content (AvgIpc) is 2.87. The SMILES string of the molecule is Cc1ccc(-c2cc3cc(C)c(C#N)c(N4CCCCCC4)n3c2)cc1. The first kappa shape index (κ1) is 16.7. The van der Waals surface area contributed by atoms with Crippen LogP contribution >= 0.6 is 0 Å². The second-order valence-corrected chi connectivity index (χ2v) is 7.43. The molecule has 1 saturated heterocycles. The third-order valence-electron chi connectivity index (χ3n) is 5.46. The maximum atomic E-state index is 9.82. The maximum absolute atomic E-state index is 9.82. The molecule has 0 unspecified atom stereocenters. The molecule has 3 nitrogen and oxygen atoms in total. The van der Waals surface area contributed by atoms with Crippen LogP contribution in [0.2, 0.25) is 0 Å². The zero-order chi connectivity index (χ0) is 18.1. The lowest BCUT2D eigenvalue weighted by atomic mass is 10.1. The molecule has 3 heterocycles. The highest BCUT2D eigenvalue weighted by Gasteiger charge is 2.19. The topological polar surface area (TPSA) is 31.4 Å². The van der Waals surface area contributed by atoms with E-state index in [2.05, 4.69) is 71.8 Å². The van der Waals surface area contributed by atoms with E-state index in [9.17, 15) is 5.26 Å². The minimum Gasteiger partial charge on any atom is -0.357 e. The normalized spacial score (nSPS) is 15.0. The number of nitriles is 1. The van der Waals surface area contributed by atoms with E-state index in [4.69, 9.17) is 0 Å². The van der Waals surface area contributed by atoms with Crippen LogP contribution in [0.3, 0.4) is 0 Å². The molecule has 2 aromatic heterocycles. The summed E-state index contributed by atoms with van der Waals surface area (Å²) in [6.45, 7) is 6.23. The Labute approximate surface area is 155 Å². The van der Waals surface area contributed by atoms with Crippen LogP contribution in [0.1, 0.15) is 42.4 Å². The Balaban J connectivity index is 1.90. The summed E-state index contributed by atoms with van der Waals surface area (Å²) in [5.74, 6) is 1.07. The van der Waals surface area contributed by atoms with Gasteiger partial charge in [-0.05, 0) is 49.9 Å². The minimum absolute atomic E-state index is 0.811. The molecule has 4 rings (SSSR count). The Morgan fingerprint density at radius 2 is 1.58 bits per heavy atom. The van der Waals surface area contributed by atoms with E-state index in [0.29, 0.717) is 0 Å². The average molecular weight is 343 g/mol. The Kier molecular flexibility index (Phi) is 4.42. The largest absolute Gasteiger partial charge is 0.357 e. The lowest BCUT2D eigenvalue weighted by Gasteiger charge is -2.26. The fourth-order valence-electron chi connectivity index (χ4n) is 4.00. The molecule has 0 N–H and O–H groups in total. The van der Waals surface area contributed by atoms with Gasteiger partial charge in [-0.2, -0.15) is 5.26 Å². The summed E-state index contributed by atoms with van der Waals surface area (Å²) >= 11 is 0. The van der Waals surface area contributed by atoms with E-state index in [0.717, 1.165) is 35.6 Å². The zero-order valence-electron chi connectivity index (χ0n) is 15.6. The van der Waals surface area contributed by atoms with Crippen LogP contribution in [0.4, 0.5) is 5.82 Å². The van der Waals surface area contributed by atoms with Gasteiger partial charge >= 0.3 is 0 Å². The van der Waals surface area contributed by atoms with E-state index < -0.39 is 0 Å². The Morgan fingerprint density at radius 3 is 2.23 bits per heavy atom. The molecule has 1 aliphatic heterocycles. The Hall–Kier alpha value is -2.73. The number of hydrogen-bond donors (Lipinski definition) is 0. The van der Waals surface area contributed by atoms with Crippen LogP contribution in [0.5, 0.6) is 0 Å². The summed E-state index contributed by atoms with van der Waals surface area (Å²) in [6.07, 6.45) is 7.17. The molecule has 26 heavy (non-hydrogen) atoms. The van der Waals surface area contributed by atoms with Crippen molar-refractivity contribution in [1.29, 1.82) is 5.26 Å². The molecule has 0 radical (unpaired) electrons. The second-order valence-electron chi connectivity index (χ2n) is 7.43. The van der Waals surface area contributed by atoms with Gasteiger partial charge in [0, 0.05) is 30.4 Å². The molecule has 0 saturated carbocycles. The fraction of sp³-hybridized carbons (Fsp3) is 0.348. The summed E-state index contributed by atoms with van der Waals surface area (Å²) < 4.78 is 2.23. The second kappa shape index (κ2) is 6.88. The van der Waals surface area contributed by atoms with Gasteiger partial charge in [0.25, 0.3) is 0 Å². The lowest BCUT2D eigenvalue weighted by Crippen LogP contribution is -2.27. The molecule has 0 amide bonds. The summed E-state index contributed by atoms with van der Waals surface area (Å²) in [7, 11) is 0. The Morgan fingerprint density at radius 1 is 0.885 bits per heavy atom. The molecule has 0 bridgehead atoms. The van der Waals surface area contributed by atoms with Crippen LogP contribution in [0.15, 0.2) is 42.6 Å². The third-order valence-corrected chi connectivity index (χ3v) is 5.46. The van der Waals surface area contributed by atoms with Crippen molar-refractivity contribution in [3.8, 4) is 17.2 Å². The maximum Gasteiger partial charge on any atom is 0.131 e. The highest BCUT2D eigenvalue weighted by molar-refractivity contribution is 5.75. The van der Waals surface area contributed by atoms with Gasteiger partial charge in [0.2, 0.25) is 0 Å². The predicted molar refractivity (Wildman–Crippen MR) is 108 cm³/mol. The van der Waals surface area contributed by atoms with Crippen LogP contribution < -0.4 is 4.90 Å². The number of fused-ring (bicyclic) bond motifs is 1. The predicted octanol–water partition coefficient (Wildman–Crippen LogP) is 5.48. The highest BCUT2D eigenvalue weighted by atomic mass is 15.2. The molecule has 132 valence electrons. The van der Waals surface area contributed by atoms with E-state index in [1.165, 1.54) is 42.4 Å². The smallest absolute Gasteiger partial charge is 0.131 e. The first-order chi connectivity index (χ1) is 12.7. The number of anilines is 1. The van der Waals surface area contributed by atoms with Crippen molar-refractivity contribution in [2.45, 2.75) is 39.5 Å². The van der Waals surface area contributed by atoms with Crippen LogP contribution in [0.25, 0.3) is 16.6 Å². The minimum atomic E-state index is 0.811. The van der Waals surface area contributed by atoms with Gasteiger partial charge in [-0.1, -0.05) is 42.7 Å². The third kappa shape index (κ3) is 2.97. The van der Waals surface area contributed by atoms with Gasteiger partial charge < -0.3 is 9.30 Å². The van der Waals surface area contributed by atoms with Crippen LogP contribution in [-0.2, 0) is 0 Å². The molecule has 1 aliphatic rings. The van der Waals surface area contributed by atoms with Gasteiger partial charge in [0.1, 0.15) is 11.9 Å². The number of hydrogen-bond acceptors (Lipinski definition) is 2. The number of rotatable bonds is 2. The number of pyridine rings is 1. The van der Waals surface area contributed by atoms with Gasteiger partial charge in [-0.3, -0.25) is 0 Å². The van der Waals surface area contributed by atoms with Crippen molar-refractivity contribution in [2.75, 3.05) is 18.0 Å². The molecule has 0 atom stereocenters. The molecule has 3 aromatic rings. The number of aryl methyl sites for hydroxylation is 2. The van der Waals surface area contributed by atoms with Crippen molar-refractivity contribution in [1.82, 2.24) is 4.40 Å². The lowest BCUT2D eigenvalue weighted by molar-refractivity contribution is 0.726. The van der Waals surface area contributed by atoms with Gasteiger partial charge in [-0.15, -0.1) is 0 Å². The number of aromatic nitrogens is 1.